The van der Waals surface area contributed by atoms with Crippen molar-refractivity contribution in [1.82, 2.24) is 25.2 Å². The summed E-state index contributed by atoms with van der Waals surface area (Å²) in [6.45, 7) is 4.58. The first-order chi connectivity index (χ1) is 16.3. The minimum atomic E-state index is -0.972. The lowest BCUT2D eigenvalue weighted by molar-refractivity contribution is -0.127. The molecule has 2 aliphatic rings. The van der Waals surface area contributed by atoms with Gasteiger partial charge in [0.1, 0.15) is 18.1 Å². The highest BCUT2D eigenvalue weighted by molar-refractivity contribution is 6.43. The summed E-state index contributed by atoms with van der Waals surface area (Å²) in [6, 6.07) is 2.75. The summed E-state index contributed by atoms with van der Waals surface area (Å²) in [5, 5.41) is 14.5. The highest BCUT2D eigenvalue weighted by Crippen LogP contribution is 2.39. The second-order valence-electron chi connectivity index (χ2n) is 9.30. The maximum absolute atomic E-state index is 13.4. The zero-order chi connectivity index (χ0) is 24.3. The number of nitrogens with one attached hydrogen (secondary N) is 3. The van der Waals surface area contributed by atoms with Gasteiger partial charge in [-0.05, 0) is 51.7 Å². The van der Waals surface area contributed by atoms with E-state index in [1.54, 1.807) is 24.3 Å². The molecule has 34 heavy (non-hydrogen) atoms. The number of pyridine rings is 1. The molecule has 3 heterocycles. The maximum atomic E-state index is 13.4. The predicted octanol–water partition coefficient (Wildman–Crippen LogP) is 2.71. The maximum Gasteiger partial charge on any atom is 0.272 e. The van der Waals surface area contributed by atoms with E-state index < -0.39 is 17.9 Å². The Morgan fingerprint density at radius 3 is 2.62 bits per heavy atom. The van der Waals surface area contributed by atoms with E-state index in [1.807, 2.05) is 26.0 Å². The predicted molar refractivity (Wildman–Crippen MR) is 130 cm³/mol. The molecule has 2 amide bonds. The summed E-state index contributed by atoms with van der Waals surface area (Å²) in [7, 11) is 1.55. The van der Waals surface area contributed by atoms with Crippen LogP contribution in [0.4, 0.5) is 11.4 Å². The SMILES string of the molecule is CN=CC(NC(=O)c1nc(C2CC2)ccc1Nc1cncnc1)C(=N)C(=O)N1CCCC1(C)C. The Morgan fingerprint density at radius 2 is 2.00 bits per heavy atom. The van der Waals surface area contributed by atoms with E-state index in [9.17, 15) is 9.59 Å². The Bertz CT molecular complexity index is 1110. The van der Waals surface area contributed by atoms with E-state index in [4.69, 9.17) is 5.41 Å². The van der Waals surface area contributed by atoms with Crippen LogP contribution in [0.3, 0.4) is 0 Å². The number of hydrogen-bond acceptors (Lipinski definition) is 8. The van der Waals surface area contributed by atoms with Crippen LogP contribution in [0.5, 0.6) is 0 Å². The first-order valence-electron chi connectivity index (χ1n) is 11.5. The fourth-order valence-corrected chi connectivity index (χ4v) is 4.18. The summed E-state index contributed by atoms with van der Waals surface area (Å²) >= 11 is 0. The molecule has 0 bridgehead atoms. The molecule has 0 spiro atoms. The van der Waals surface area contributed by atoms with Crippen molar-refractivity contribution in [3.8, 4) is 0 Å². The average molecular weight is 463 g/mol. The zero-order valence-electron chi connectivity index (χ0n) is 19.7. The normalized spacial score (nSPS) is 18.0. The van der Waals surface area contributed by atoms with Crippen LogP contribution in [0.25, 0.3) is 0 Å². The highest BCUT2D eigenvalue weighted by Gasteiger charge is 2.38. The molecule has 1 saturated carbocycles. The highest BCUT2D eigenvalue weighted by atomic mass is 16.2. The van der Waals surface area contributed by atoms with Gasteiger partial charge < -0.3 is 15.5 Å². The third-order valence-corrected chi connectivity index (χ3v) is 6.24. The van der Waals surface area contributed by atoms with Crippen LogP contribution in [0.2, 0.25) is 0 Å². The van der Waals surface area contributed by atoms with Crippen LogP contribution in [0.15, 0.2) is 35.8 Å². The molecule has 1 unspecified atom stereocenters. The summed E-state index contributed by atoms with van der Waals surface area (Å²) in [4.78, 5) is 44.8. The minimum Gasteiger partial charge on any atom is -0.351 e. The molecule has 2 aromatic heterocycles. The van der Waals surface area contributed by atoms with Crippen molar-refractivity contribution in [2.75, 3.05) is 18.9 Å². The number of amides is 2. The van der Waals surface area contributed by atoms with Gasteiger partial charge in [-0.1, -0.05) is 0 Å². The Kier molecular flexibility index (Phi) is 6.67. The molecule has 1 aliphatic heterocycles. The first kappa shape index (κ1) is 23.5. The van der Waals surface area contributed by atoms with Gasteiger partial charge in [0.2, 0.25) is 0 Å². The number of nitrogens with zero attached hydrogens (tertiary/aromatic N) is 5. The van der Waals surface area contributed by atoms with E-state index in [0.717, 1.165) is 31.4 Å². The van der Waals surface area contributed by atoms with Crippen LogP contribution in [0, 0.1) is 5.41 Å². The van der Waals surface area contributed by atoms with Gasteiger partial charge in [-0.3, -0.25) is 20.0 Å². The zero-order valence-corrected chi connectivity index (χ0v) is 19.7. The van der Waals surface area contributed by atoms with Crippen molar-refractivity contribution in [1.29, 1.82) is 5.41 Å². The van der Waals surface area contributed by atoms with Crippen molar-refractivity contribution in [3.05, 3.63) is 42.2 Å². The second kappa shape index (κ2) is 9.66. The fraction of sp³-hybridized carbons (Fsp3) is 0.458. The quantitative estimate of drug-likeness (QED) is 0.516. The average Bonchev–Trinajstić information content (AvgIpc) is 3.61. The molecule has 3 N–H and O–H groups in total. The number of likely N-dealkylation sites (tertiary alicyclic amines) is 1. The van der Waals surface area contributed by atoms with Crippen LogP contribution in [-0.2, 0) is 4.79 Å². The molecule has 0 aromatic carbocycles. The largest absolute Gasteiger partial charge is 0.351 e. The molecule has 10 nitrogen and oxygen atoms in total. The molecular weight excluding hydrogens is 432 g/mol. The van der Waals surface area contributed by atoms with Crippen molar-refractivity contribution >= 4 is 35.1 Å². The molecule has 10 heteroatoms. The van der Waals surface area contributed by atoms with Crippen LogP contribution in [-0.4, -0.2) is 68.8 Å². The number of aromatic nitrogens is 3. The second-order valence-corrected chi connectivity index (χ2v) is 9.30. The lowest BCUT2D eigenvalue weighted by Crippen LogP contribution is -2.53. The third kappa shape index (κ3) is 5.11. The Labute approximate surface area is 198 Å². The van der Waals surface area contributed by atoms with E-state index >= 15 is 0 Å². The number of rotatable bonds is 8. The van der Waals surface area contributed by atoms with Crippen molar-refractivity contribution < 1.29 is 9.59 Å². The van der Waals surface area contributed by atoms with Crippen molar-refractivity contribution in [3.63, 3.8) is 0 Å². The smallest absolute Gasteiger partial charge is 0.272 e. The summed E-state index contributed by atoms with van der Waals surface area (Å²) < 4.78 is 0. The van der Waals surface area contributed by atoms with Crippen LogP contribution < -0.4 is 10.6 Å². The summed E-state index contributed by atoms with van der Waals surface area (Å²) in [5.74, 6) is -0.539. The molecule has 2 fully saturated rings. The molecular formula is C24H30N8O2. The monoisotopic (exact) mass is 462 g/mol. The topological polar surface area (TPSA) is 136 Å². The lowest BCUT2D eigenvalue weighted by atomic mass is 10.0. The number of carbonyl (C=O) groups excluding carboxylic acids is 2. The van der Waals surface area contributed by atoms with Gasteiger partial charge in [0.25, 0.3) is 11.8 Å². The van der Waals surface area contributed by atoms with E-state index in [-0.39, 0.29) is 16.9 Å². The van der Waals surface area contributed by atoms with Crippen molar-refractivity contribution in [2.45, 2.75) is 57.0 Å². The van der Waals surface area contributed by atoms with Gasteiger partial charge >= 0.3 is 0 Å². The van der Waals surface area contributed by atoms with E-state index in [0.29, 0.717) is 23.8 Å². The standard InChI is InChI=1S/C24H30N8O2/c1-24(2)9-4-10-32(24)23(34)20(25)19(13-26-3)31-22(33)21-18(29-16-11-27-14-28-12-16)8-7-17(30-21)15-5-6-15/h7-8,11-15,19,25,29H,4-6,9-10H2,1-3H3,(H,31,33). The van der Waals surface area contributed by atoms with Crippen molar-refractivity contribution in [2.24, 2.45) is 4.99 Å². The molecule has 4 rings (SSSR count). The Balaban J connectivity index is 1.58. The molecule has 178 valence electrons. The Morgan fingerprint density at radius 1 is 1.26 bits per heavy atom. The number of anilines is 2. The Hall–Kier alpha value is -3.69. The molecule has 2 aromatic rings. The van der Waals surface area contributed by atoms with Gasteiger partial charge in [0, 0.05) is 37.0 Å². The summed E-state index contributed by atoms with van der Waals surface area (Å²) in [5.41, 5.74) is 1.59. The molecule has 0 radical (unpaired) electrons. The molecule has 1 atom stereocenters. The van der Waals surface area contributed by atoms with E-state index in [1.165, 1.54) is 12.5 Å². The number of hydrogen-bond donors (Lipinski definition) is 3. The van der Waals surface area contributed by atoms with Gasteiger partial charge in [-0.25, -0.2) is 15.0 Å². The van der Waals surface area contributed by atoms with Gasteiger partial charge in [0.05, 0.1) is 23.8 Å². The van der Waals surface area contributed by atoms with Gasteiger partial charge in [-0.15, -0.1) is 0 Å². The summed E-state index contributed by atoms with van der Waals surface area (Å²) in [6.07, 6.45) is 9.88. The molecule has 1 aliphatic carbocycles. The van der Waals surface area contributed by atoms with Crippen LogP contribution in [0.1, 0.15) is 61.6 Å². The van der Waals surface area contributed by atoms with Gasteiger partial charge in [-0.2, -0.15) is 0 Å². The number of carbonyl (C=O) groups is 2. The lowest BCUT2D eigenvalue weighted by Gasteiger charge is -2.32. The molecule has 1 saturated heterocycles. The third-order valence-electron chi connectivity index (χ3n) is 6.24. The fourth-order valence-electron chi connectivity index (χ4n) is 4.18. The van der Waals surface area contributed by atoms with Crippen LogP contribution >= 0.6 is 0 Å². The van der Waals surface area contributed by atoms with Gasteiger partial charge in [0.15, 0.2) is 5.69 Å². The number of aliphatic imine (C=N–C) groups is 1. The van der Waals surface area contributed by atoms with E-state index in [2.05, 4.69) is 30.6 Å². The first-order valence-corrected chi connectivity index (χ1v) is 11.5. The minimum absolute atomic E-state index is 0.185.